The first kappa shape index (κ1) is 51.1. The van der Waals surface area contributed by atoms with Crippen molar-refractivity contribution in [3.05, 3.63) is 344 Å². The van der Waals surface area contributed by atoms with E-state index in [9.17, 15) is 0 Å². The van der Waals surface area contributed by atoms with E-state index in [0.29, 0.717) is 5.92 Å². The third-order valence-corrected chi connectivity index (χ3v) is 18.4. The molecule has 2 heteroatoms. The van der Waals surface area contributed by atoms with Gasteiger partial charge in [0.05, 0.1) is 16.6 Å². The fourth-order valence-electron chi connectivity index (χ4n) is 14.2. The Morgan fingerprint density at radius 1 is 0.239 bits per heavy atom. The standard InChI is InChI=1S/C86H58N2/c1-7-21-57(22-8-1)65-37-43-83-79(49-65)80-50-66(58-23-9-2-10-24-58)38-44-84(80)87(83)71-35-19-33-63(47-71)69-53-75(61-29-15-5-16-30-61)73-41-42-74-76(62-31-17-6-18-32-62)54-70(56-78(74)77(73)55-69)64-34-20-36-72(48-64)88-85-45-39-67(59-25-11-3-12-26-59)51-81(85)82-52-68(40-46-86(82)88)60-27-13-4-14-28-60/h1-51,53-56,68H,52H2. The number of nitrogens with zero attached hydrogens (tertiary/aromatic N) is 2. The van der Waals surface area contributed by atoms with Crippen molar-refractivity contribution in [2.45, 2.75) is 12.3 Å². The molecule has 0 spiro atoms. The van der Waals surface area contributed by atoms with Crippen LogP contribution in [0, 0.1) is 0 Å². The molecule has 0 radical (unpaired) electrons. The van der Waals surface area contributed by atoms with E-state index < -0.39 is 0 Å². The van der Waals surface area contributed by atoms with E-state index in [1.165, 1.54) is 132 Å². The van der Waals surface area contributed by atoms with E-state index in [4.69, 9.17) is 0 Å². The van der Waals surface area contributed by atoms with Crippen LogP contribution in [0.4, 0.5) is 0 Å². The average Bonchev–Trinajstić information content (AvgIpc) is 1.64. The van der Waals surface area contributed by atoms with Gasteiger partial charge >= 0.3 is 0 Å². The second-order valence-electron chi connectivity index (χ2n) is 23.5. The van der Waals surface area contributed by atoms with Crippen molar-refractivity contribution in [2.75, 3.05) is 0 Å². The normalized spacial score (nSPS) is 13.0. The molecule has 1 unspecified atom stereocenters. The van der Waals surface area contributed by atoms with Crippen LogP contribution in [0.2, 0.25) is 0 Å². The van der Waals surface area contributed by atoms with Crippen molar-refractivity contribution >= 4 is 60.3 Å². The molecule has 1 aliphatic rings. The van der Waals surface area contributed by atoms with Gasteiger partial charge in [0.25, 0.3) is 0 Å². The Balaban J connectivity index is 0.848. The number of benzene rings is 14. The predicted molar refractivity (Wildman–Crippen MR) is 373 cm³/mol. The molecule has 16 aromatic rings. The van der Waals surface area contributed by atoms with Crippen molar-refractivity contribution in [1.29, 1.82) is 0 Å². The number of aromatic nitrogens is 2. The molecule has 1 aliphatic carbocycles. The number of hydrogen-bond acceptors (Lipinski definition) is 0. The van der Waals surface area contributed by atoms with Gasteiger partial charge in [-0.25, -0.2) is 0 Å². The first-order valence-electron chi connectivity index (χ1n) is 30.6. The quantitative estimate of drug-likeness (QED) is 0.121. The lowest BCUT2D eigenvalue weighted by Crippen LogP contribution is -2.07. The van der Waals surface area contributed by atoms with Crippen LogP contribution < -0.4 is 0 Å². The molecule has 1 atom stereocenters. The Hall–Kier alpha value is -11.3. The highest BCUT2D eigenvalue weighted by Gasteiger charge is 2.25. The van der Waals surface area contributed by atoms with Crippen LogP contribution >= 0.6 is 0 Å². The maximum atomic E-state index is 2.50. The highest BCUT2D eigenvalue weighted by atomic mass is 15.0. The molecule has 0 aliphatic heterocycles. The van der Waals surface area contributed by atoms with Gasteiger partial charge in [-0.15, -0.1) is 0 Å². The minimum Gasteiger partial charge on any atom is -0.310 e. The van der Waals surface area contributed by atoms with Crippen LogP contribution in [-0.4, -0.2) is 9.13 Å². The van der Waals surface area contributed by atoms with Gasteiger partial charge in [0.15, 0.2) is 0 Å². The fourth-order valence-corrected chi connectivity index (χ4v) is 14.2. The summed E-state index contributed by atoms with van der Waals surface area (Å²) in [6.45, 7) is 0. The van der Waals surface area contributed by atoms with E-state index in [0.717, 1.165) is 34.5 Å². The maximum absolute atomic E-state index is 2.50. The maximum Gasteiger partial charge on any atom is 0.0541 e. The Kier molecular flexibility index (Phi) is 12.4. The first-order valence-corrected chi connectivity index (χ1v) is 30.6. The van der Waals surface area contributed by atoms with Gasteiger partial charge < -0.3 is 9.13 Å². The molecule has 0 N–H and O–H groups in total. The average molecular weight is 1120 g/mol. The summed E-state index contributed by atoms with van der Waals surface area (Å²) in [5, 5.41) is 8.62. The molecule has 0 saturated heterocycles. The molecule has 88 heavy (non-hydrogen) atoms. The van der Waals surface area contributed by atoms with Crippen molar-refractivity contribution in [1.82, 2.24) is 9.13 Å². The van der Waals surface area contributed by atoms with Gasteiger partial charge in [0, 0.05) is 39.1 Å². The van der Waals surface area contributed by atoms with Crippen molar-refractivity contribution in [2.24, 2.45) is 0 Å². The van der Waals surface area contributed by atoms with Crippen LogP contribution in [0.15, 0.2) is 328 Å². The summed E-state index contributed by atoms with van der Waals surface area (Å²) >= 11 is 0. The summed E-state index contributed by atoms with van der Waals surface area (Å²) in [6.07, 6.45) is 5.72. The van der Waals surface area contributed by atoms with Crippen LogP contribution in [0.1, 0.15) is 22.7 Å². The van der Waals surface area contributed by atoms with Gasteiger partial charge in [-0.3, -0.25) is 0 Å². The number of hydrogen-bond donors (Lipinski definition) is 0. The molecule has 14 aromatic carbocycles. The largest absolute Gasteiger partial charge is 0.310 e. The van der Waals surface area contributed by atoms with E-state index in [-0.39, 0.29) is 0 Å². The second kappa shape index (κ2) is 21.3. The zero-order valence-electron chi connectivity index (χ0n) is 48.4. The lowest BCUT2D eigenvalue weighted by molar-refractivity contribution is 0.825. The molecule has 17 rings (SSSR count). The molecular weight excluding hydrogens is 1060 g/mol. The van der Waals surface area contributed by atoms with Crippen LogP contribution in [0.25, 0.3) is 150 Å². The molecule has 2 nitrogen and oxygen atoms in total. The molecule has 0 fully saturated rings. The van der Waals surface area contributed by atoms with Gasteiger partial charge in [-0.1, -0.05) is 243 Å². The molecule has 2 aromatic heterocycles. The van der Waals surface area contributed by atoms with E-state index in [2.05, 4.69) is 343 Å². The summed E-state index contributed by atoms with van der Waals surface area (Å²) in [5.74, 6) is 0.290. The summed E-state index contributed by atoms with van der Waals surface area (Å²) in [4.78, 5) is 0. The first-order chi connectivity index (χ1) is 43.6. The Morgan fingerprint density at radius 3 is 1.06 bits per heavy atom. The lowest BCUT2D eigenvalue weighted by Gasteiger charge is -2.20. The number of allylic oxidation sites excluding steroid dienone is 1. The van der Waals surface area contributed by atoms with E-state index in [1.807, 2.05) is 0 Å². The van der Waals surface area contributed by atoms with Gasteiger partial charge in [-0.05, 0) is 208 Å². The van der Waals surface area contributed by atoms with Gasteiger partial charge in [-0.2, -0.15) is 0 Å². The third-order valence-electron chi connectivity index (χ3n) is 18.4. The van der Waals surface area contributed by atoms with Crippen molar-refractivity contribution in [3.63, 3.8) is 0 Å². The molecule has 412 valence electrons. The van der Waals surface area contributed by atoms with E-state index in [1.54, 1.807) is 0 Å². The highest BCUT2D eigenvalue weighted by Crippen LogP contribution is 2.46. The van der Waals surface area contributed by atoms with Crippen LogP contribution in [-0.2, 0) is 6.42 Å². The number of fused-ring (bicyclic) bond motifs is 9. The number of rotatable bonds is 10. The van der Waals surface area contributed by atoms with Crippen molar-refractivity contribution < 1.29 is 0 Å². The fraction of sp³-hybridized carbons (Fsp3) is 0.0233. The zero-order chi connectivity index (χ0) is 58.1. The minimum atomic E-state index is 0.290. The summed E-state index contributed by atoms with van der Waals surface area (Å²) < 4.78 is 4.97. The summed E-state index contributed by atoms with van der Waals surface area (Å²) in [7, 11) is 0. The minimum absolute atomic E-state index is 0.290. The Labute approximate surface area is 512 Å². The molecule has 2 heterocycles. The third kappa shape index (κ3) is 8.88. The molecule has 0 saturated carbocycles. The molecule has 0 amide bonds. The monoisotopic (exact) mass is 1120 g/mol. The zero-order valence-corrected chi connectivity index (χ0v) is 48.4. The Morgan fingerprint density at radius 2 is 0.602 bits per heavy atom. The molecule has 0 bridgehead atoms. The van der Waals surface area contributed by atoms with Crippen molar-refractivity contribution in [3.8, 4) is 89.3 Å². The molecular formula is C86H58N2. The topological polar surface area (TPSA) is 9.86 Å². The lowest BCUT2D eigenvalue weighted by atomic mass is 9.86. The second-order valence-corrected chi connectivity index (χ2v) is 23.5. The SMILES string of the molecule is C1=CC(c2ccccc2)Cc2c1n(-c1cccc(-c3cc(-c4ccccc4)c4ccc5c(-c6ccccc6)cc(-c6cccc(-n7c8ccc(-c9ccccc9)cc8c8cc(-c9ccccc9)ccc87)c6)cc5c4c3)c1)c1ccc(-c3ccccc3)cc21. The van der Waals surface area contributed by atoms with Gasteiger partial charge in [0.1, 0.15) is 0 Å². The Bertz CT molecular complexity index is 5270. The summed E-state index contributed by atoms with van der Waals surface area (Å²) in [6, 6.07) is 119. The predicted octanol–water partition coefficient (Wildman–Crippen LogP) is 23.1. The van der Waals surface area contributed by atoms with E-state index >= 15 is 0 Å². The smallest absolute Gasteiger partial charge is 0.0541 e. The summed E-state index contributed by atoms with van der Waals surface area (Å²) in [5.41, 5.74) is 26.5. The van der Waals surface area contributed by atoms with Gasteiger partial charge in [0.2, 0.25) is 0 Å². The highest BCUT2D eigenvalue weighted by molar-refractivity contribution is 6.18. The van der Waals surface area contributed by atoms with Crippen LogP contribution in [0.5, 0.6) is 0 Å². The van der Waals surface area contributed by atoms with Crippen LogP contribution in [0.3, 0.4) is 0 Å².